The Hall–Kier alpha value is -1.02. The topological polar surface area (TPSA) is 20.3 Å². The molecule has 1 amide bonds. The molecule has 0 bridgehead atoms. The van der Waals surface area contributed by atoms with Crippen LogP contribution in [0.1, 0.15) is 38.2 Å². The number of amides is 1. The van der Waals surface area contributed by atoms with E-state index in [1.54, 1.807) is 0 Å². The van der Waals surface area contributed by atoms with Gasteiger partial charge >= 0.3 is 0 Å². The van der Waals surface area contributed by atoms with Crippen LogP contribution in [0.15, 0.2) is 24.3 Å². The van der Waals surface area contributed by atoms with E-state index in [4.69, 9.17) is 11.6 Å². The van der Waals surface area contributed by atoms with Crippen LogP contribution in [-0.4, -0.2) is 23.9 Å². The molecule has 1 aromatic rings. The van der Waals surface area contributed by atoms with Gasteiger partial charge in [-0.3, -0.25) is 4.79 Å². The number of hydrogen-bond donors (Lipinski definition) is 0. The van der Waals surface area contributed by atoms with E-state index >= 15 is 0 Å². The molecule has 19 heavy (non-hydrogen) atoms. The molecule has 1 aliphatic carbocycles. The van der Waals surface area contributed by atoms with Gasteiger partial charge < -0.3 is 4.90 Å². The third-order valence-corrected chi connectivity index (χ3v) is 4.82. The van der Waals surface area contributed by atoms with Gasteiger partial charge in [0.2, 0.25) is 5.91 Å². The van der Waals surface area contributed by atoms with Gasteiger partial charge in [-0.15, -0.1) is 0 Å². The zero-order chi connectivity index (χ0) is 13.5. The molecule has 0 N–H and O–H groups in total. The summed E-state index contributed by atoms with van der Waals surface area (Å²) in [6.45, 7) is 4.05. The Balaban J connectivity index is 1.85. The molecule has 1 atom stereocenters. The van der Waals surface area contributed by atoms with Gasteiger partial charge in [0.05, 0.1) is 5.41 Å². The third kappa shape index (κ3) is 2.27. The van der Waals surface area contributed by atoms with Crippen molar-refractivity contribution in [2.75, 3.05) is 13.1 Å². The minimum absolute atomic E-state index is 0.298. The molecule has 2 nitrogen and oxygen atoms in total. The van der Waals surface area contributed by atoms with Gasteiger partial charge in [-0.2, -0.15) is 0 Å². The highest BCUT2D eigenvalue weighted by molar-refractivity contribution is 6.31. The van der Waals surface area contributed by atoms with Gasteiger partial charge in [0.15, 0.2) is 0 Å². The van der Waals surface area contributed by atoms with E-state index in [2.05, 4.69) is 11.8 Å². The molecule has 2 aliphatic rings. The molecule has 1 aliphatic heterocycles. The van der Waals surface area contributed by atoms with Crippen LogP contribution in [0.4, 0.5) is 0 Å². The van der Waals surface area contributed by atoms with Crippen molar-refractivity contribution in [2.45, 2.75) is 38.0 Å². The van der Waals surface area contributed by atoms with E-state index in [-0.39, 0.29) is 5.41 Å². The first-order valence-corrected chi connectivity index (χ1v) is 7.56. The van der Waals surface area contributed by atoms with Crippen molar-refractivity contribution < 1.29 is 4.79 Å². The van der Waals surface area contributed by atoms with Crippen LogP contribution in [0, 0.1) is 5.92 Å². The number of piperidine rings is 1. The lowest BCUT2D eigenvalue weighted by Crippen LogP contribution is -2.44. The second-order valence-corrected chi connectivity index (χ2v) is 6.47. The molecule has 3 heteroatoms. The first-order valence-electron chi connectivity index (χ1n) is 7.18. The molecular formula is C16H20ClNO. The second kappa shape index (κ2) is 4.82. The largest absolute Gasteiger partial charge is 0.342 e. The Kier molecular flexibility index (Phi) is 3.30. The number of benzene rings is 1. The van der Waals surface area contributed by atoms with Gasteiger partial charge in [-0.1, -0.05) is 36.7 Å². The summed E-state index contributed by atoms with van der Waals surface area (Å²) in [5.41, 5.74) is 0.718. The smallest absolute Gasteiger partial charge is 0.233 e. The van der Waals surface area contributed by atoms with Crippen molar-refractivity contribution in [1.29, 1.82) is 0 Å². The minimum Gasteiger partial charge on any atom is -0.342 e. The van der Waals surface area contributed by atoms with E-state index in [1.807, 2.05) is 24.3 Å². The number of likely N-dealkylation sites (tertiary alicyclic amines) is 1. The number of nitrogens with zero attached hydrogens (tertiary/aromatic N) is 1. The molecule has 0 radical (unpaired) electrons. The quantitative estimate of drug-likeness (QED) is 0.808. The fraction of sp³-hybridized carbons (Fsp3) is 0.562. The molecule has 1 saturated carbocycles. The standard InChI is InChI=1S/C16H20ClNO/c1-12-5-4-10-18(11-12)15(19)16(8-9-16)13-6-2-3-7-14(13)17/h2-3,6-7,12H,4-5,8-11H2,1H3. The van der Waals surface area contributed by atoms with Gasteiger partial charge in [-0.25, -0.2) is 0 Å². The summed E-state index contributed by atoms with van der Waals surface area (Å²) < 4.78 is 0. The summed E-state index contributed by atoms with van der Waals surface area (Å²) in [6, 6.07) is 7.81. The predicted molar refractivity (Wildman–Crippen MR) is 77.3 cm³/mol. The lowest BCUT2D eigenvalue weighted by Gasteiger charge is -2.34. The van der Waals surface area contributed by atoms with Gasteiger partial charge in [-0.05, 0) is 43.2 Å². The molecule has 0 aromatic heterocycles. The maximum atomic E-state index is 12.8. The molecule has 1 unspecified atom stereocenters. The van der Waals surface area contributed by atoms with Gasteiger partial charge in [0, 0.05) is 18.1 Å². The van der Waals surface area contributed by atoms with Crippen molar-refractivity contribution >= 4 is 17.5 Å². The average molecular weight is 278 g/mol. The number of hydrogen-bond acceptors (Lipinski definition) is 1. The van der Waals surface area contributed by atoms with E-state index in [9.17, 15) is 4.79 Å². The summed E-state index contributed by atoms with van der Waals surface area (Å²) in [6.07, 6.45) is 4.26. The summed E-state index contributed by atoms with van der Waals surface area (Å²) in [7, 11) is 0. The summed E-state index contributed by atoms with van der Waals surface area (Å²) in [4.78, 5) is 14.9. The predicted octanol–water partition coefficient (Wildman–Crippen LogP) is 3.63. The maximum absolute atomic E-state index is 12.8. The van der Waals surface area contributed by atoms with Crippen molar-refractivity contribution in [2.24, 2.45) is 5.92 Å². The summed E-state index contributed by atoms with van der Waals surface area (Å²) in [5.74, 6) is 0.923. The van der Waals surface area contributed by atoms with E-state index < -0.39 is 0 Å². The molecule has 102 valence electrons. The minimum atomic E-state index is -0.310. The van der Waals surface area contributed by atoms with Crippen molar-refractivity contribution in [3.63, 3.8) is 0 Å². The zero-order valence-electron chi connectivity index (χ0n) is 11.4. The zero-order valence-corrected chi connectivity index (χ0v) is 12.1. The highest BCUT2D eigenvalue weighted by atomic mass is 35.5. The Labute approximate surface area is 119 Å². The maximum Gasteiger partial charge on any atom is 0.233 e. The number of halogens is 1. The Morgan fingerprint density at radius 2 is 2.11 bits per heavy atom. The SMILES string of the molecule is CC1CCCN(C(=O)C2(c3ccccc3Cl)CC2)C1. The average Bonchev–Trinajstić information content (AvgIpc) is 3.20. The third-order valence-electron chi connectivity index (χ3n) is 4.49. The Morgan fingerprint density at radius 3 is 2.74 bits per heavy atom. The van der Waals surface area contributed by atoms with Gasteiger partial charge in [0.25, 0.3) is 0 Å². The normalized spacial score (nSPS) is 25.2. The number of rotatable bonds is 2. The van der Waals surface area contributed by atoms with Crippen LogP contribution in [0.2, 0.25) is 5.02 Å². The fourth-order valence-corrected chi connectivity index (χ4v) is 3.57. The van der Waals surface area contributed by atoms with Crippen LogP contribution in [0.5, 0.6) is 0 Å². The van der Waals surface area contributed by atoms with Gasteiger partial charge in [0.1, 0.15) is 0 Å². The number of carbonyl (C=O) groups is 1. The second-order valence-electron chi connectivity index (χ2n) is 6.06. The van der Waals surface area contributed by atoms with Crippen LogP contribution >= 0.6 is 11.6 Å². The number of carbonyl (C=O) groups excluding carboxylic acids is 1. The molecule has 0 spiro atoms. The highest BCUT2D eigenvalue weighted by Crippen LogP contribution is 2.52. The van der Waals surface area contributed by atoms with E-state index in [0.29, 0.717) is 11.8 Å². The molecule has 1 saturated heterocycles. The summed E-state index contributed by atoms with van der Waals surface area (Å²) >= 11 is 6.29. The van der Waals surface area contributed by atoms with Crippen molar-refractivity contribution in [3.05, 3.63) is 34.9 Å². The lowest BCUT2D eigenvalue weighted by molar-refractivity contribution is -0.135. The first kappa shape index (κ1) is 13.0. The van der Waals surface area contributed by atoms with Crippen LogP contribution in [0.3, 0.4) is 0 Å². The Morgan fingerprint density at radius 1 is 1.37 bits per heavy atom. The molecule has 3 rings (SSSR count). The molecule has 1 aromatic carbocycles. The first-order chi connectivity index (χ1) is 9.13. The van der Waals surface area contributed by atoms with Crippen molar-refractivity contribution in [3.8, 4) is 0 Å². The molecule has 1 heterocycles. The molecule has 2 fully saturated rings. The van der Waals surface area contributed by atoms with Crippen LogP contribution < -0.4 is 0 Å². The lowest BCUT2D eigenvalue weighted by atomic mass is 9.92. The monoisotopic (exact) mass is 277 g/mol. The fourth-order valence-electron chi connectivity index (χ4n) is 3.25. The van der Waals surface area contributed by atoms with Crippen LogP contribution in [-0.2, 0) is 10.2 Å². The Bertz CT molecular complexity index is 495. The highest BCUT2D eigenvalue weighted by Gasteiger charge is 2.54. The van der Waals surface area contributed by atoms with E-state index in [0.717, 1.165) is 42.9 Å². The van der Waals surface area contributed by atoms with Crippen molar-refractivity contribution in [1.82, 2.24) is 4.90 Å². The molecular weight excluding hydrogens is 258 g/mol. The van der Waals surface area contributed by atoms with Crippen LogP contribution in [0.25, 0.3) is 0 Å². The van der Waals surface area contributed by atoms with E-state index in [1.165, 1.54) is 6.42 Å². The summed E-state index contributed by atoms with van der Waals surface area (Å²) in [5, 5.41) is 0.735.